The smallest absolute Gasteiger partial charge is 0.303 e. The highest BCUT2D eigenvalue weighted by Crippen LogP contribution is 2.32. The number of aliphatic carboxylic acids is 1. The minimum absolute atomic E-state index is 0.0543. The summed E-state index contributed by atoms with van der Waals surface area (Å²) in [6.07, 6.45) is 2.05. The fraction of sp³-hybridized carbons (Fsp3) is 0.929. The van der Waals surface area contributed by atoms with Crippen LogP contribution in [0.1, 0.15) is 53.9 Å². The molecular weight excluding hydrogens is 228 g/mol. The van der Waals surface area contributed by atoms with Crippen LogP contribution in [0.4, 0.5) is 0 Å². The number of hydrogen-bond acceptors (Lipinski definition) is 3. The molecule has 0 aromatic carbocycles. The van der Waals surface area contributed by atoms with Crippen molar-refractivity contribution < 1.29 is 9.90 Å². The molecule has 0 radical (unpaired) electrons. The van der Waals surface area contributed by atoms with Gasteiger partial charge in [0.25, 0.3) is 0 Å². The van der Waals surface area contributed by atoms with Crippen LogP contribution in [0.15, 0.2) is 0 Å². The lowest BCUT2D eigenvalue weighted by Gasteiger charge is -2.50. The topological polar surface area (TPSA) is 52.6 Å². The molecule has 0 amide bonds. The summed E-state index contributed by atoms with van der Waals surface area (Å²) in [4.78, 5) is 13.3. The number of rotatable bonds is 3. The summed E-state index contributed by atoms with van der Waals surface area (Å²) >= 11 is 0. The Bertz CT molecular complexity index is 295. The Hall–Kier alpha value is -0.610. The predicted molar refractivity (Wildman–Crippen MR) is 73.8 cm³/mol. The summed E-state index contributed by atoms with van der Waals surface area (Å²) in [5.41, 5.74) is 0.156. The van der Waals surface area contributed by atoms with E-state index in [1.807, 2.05) is 0 Å². The molecule has 2 N–H and O–H groups in total. The third-order valence-corrected chi connectivity index (χ3v) is 3.72. The van der Waals surface area contributed by atoms with E-state index in [9.17, 15) is 4.79 Å². The molecule has 0 aromatic heterocycles. The number of carboxylic acid groups (broad SMARTS) is 1. The number of carbonyl (C=O) groups is 1. The molecule has 1 aliphatic heterocycles. The van der Waals surface area contributed by atoms with E-state index in [0.29, 0.717) is 12.5 Å². The second-order valence-electron chi connectivity index (χ2n) is 6.89. The zero-order valence-electron chi connectivity index (χ0n) is 12.4. The van der Waals surface area contributed by atoms with Crippen molar-refractivity contribution in [1.82, 2.24) is 10.2 Å². The van der Waals surface area contributed by atoms with Crippen molar-refractivity contribution >= 4 is 5.97 Å². The highest BCUT2D eigenvalue weighted by Gasteiger charge is 2.40. The normalized spacial score (nSPS) is 25.7. The molecule has 1 unspecified atom stereocenters. The Morgan fingerprint density at radius 3 is 2.56 bits per heavy atom. The SMILES string of the molecule is CC(C)(C)N1C(CCC(=O)O)CNCCC1(C)C. The Balaban J connectivity index is 2.91. The Labute approximate surface area is 111 Å². The summed E-state index contributed by atoms with van der Waals surface area (Å²) in [6, 6.07) is 0.290. The van der Waals surface area contributed by atoms with Crippen molar-refractivity contribution in [3.63, 3.8) is 0 Å². The fourth-order valence-electron chi connectivity index (χ4n) is 3.35. The maximum absolute atomic E-state index is 10.8. The van der Waals surface area contributed by atoms with Crippen LogP contribution in [0, 0.1) is 0 Å². The number of nitrogens with one attached hydrogen (secondary N) is 1. The van der Waals surface area contributed by atoms with E-state index >= 15 is 0 Å². The van der Waals surface area contributed by atoms with Crippen LogP contribution in [0.2, 0.25) is 0 Å². The van der Waals surface area contributed by atoms with E-state index in [1.54, 1.807) is 0 Å². The van der Waals surface area contributed by atoms with Crippen molar-refractivity contribution in [2.45, 2.75) is 71.0 Å². The van der Waals surface area contributed by atoms with Gasteiger partial charge >= 0.3 is 5.97 Å². The van der Waals surface area contributed by atoms with Crippen molar-refractivity contribution in [3.05, 3.63) is 0 Å². The van der Waals surface area contributed by atoms with Gasteiger partial charge in [-0.05, 0) is 54.0 Å². The van der Waals surface area contributed by atoms with Gasteiger partial charge in [-0.25, -0.2) is 0 Å². The highest BCUT2D eigenvalue weighted by molar-refractivity contribution is 5.66. The standard InChI is InChI=1S/C14H28N2O2/c1-13(2,3)16-11(6-7-12(17)18)10-15-9-8-14(16,4)5/h11,15H,6-10H2,1-5H3,(H,17,18). The fourth-order valence-corrected chi connectivity index (χ4v) is 3.35. The summed E-state index contributed by atoms with van der Waals surface area (Å²) in [5.74, 6) is -0.703. The Morgan fingerprint density at radius 1 is 1.44 bits per heavy atom. The maximum Gasteiger partial charge on any atom is 0.303 e. The molecule has 4 nitrogen and oxygen atoms in total. The van der Waals surface area contributed by atoms with Gasteiger partial charge in [0.05, 0.1) is 0 Å². The molecule has 1 heterocycles. The molecule has 0 bridgehead atoms. The molecule has 1 atom stereocenters. The maximum atomic E-state index is 10.8. The first-order valence-electron chi connectivity index (χ1n) is 6.86. The van der Waals surface area contributed by atoms with Gasteiger partial charge in [-0.3, -0.25) is 9.69 Å². The summed E-state index contributed by atoms with van der Waals surface area (Å²) < 4.78 is 0. The third-order valence-electron chi connectivity index (χ3n) is 3.72. The molecule has 0 aromatic rings. The molecule has 0 spiro atoms. The minimum atomic E-state index is -0.703. The van der Waals surface area contributed by atoms with Gasteiger partial charge in [0, 0.05) is 30.1 Å². The second-order valence-corrected chi connectivity index (χ2v) is 6.89. The molecule has 1 aliphatic rings. The lowest BCUT2D eigenvalue weighted by molar-refractivity contribution is -0.137. The largest absolute Gasteiger partial charge is 0.481 e. The molecule has 4 heteroatoms. The highest BCUT2D eigenvalue weighted by atomic mass is 16.4. The van der Waals surface area contributed by atoms with E-state index in [1.165, 1.54) is 0 Å². The third kappa shape index (κ3) is 3.95. The quantitative estimate of drug-likeness (QED) is 0.812. The van der Waals surface area contributed by atoms with Gasteiger partial charge in [-0.15, -0.1) is 0 Å². The van der Waals surface area contributed by atoms with Crippen molar-refractivity contribution in [3.8, 4) is 0 Å². The molecule has 1 fully saturated rings. The minimum Gasteiger partial charge on any atom is -0.481 e. The first-order valence-corrected chi connectivity index (χ1v) is 6.86. The van der Waals surface area contributed by atoms with Gasteiger partial charge in [0.15, 0.2) is 0 Å². The predicted octanol–water partition coefficient (Wildman–Crippen LogP) is 2.09. The number of carboxylic acids is 1. The van der Waals surface area contributed by atoms with Gasteiger partial charge in [-0.1, -0.05) is 0 Å². The van der Waals surface area contributed by atoms with Gasteiger partial charge in [0.1, 0.15) is 0 Å². The van der Waals surface area contributed by atoms with Crippen molar-refractivity contribution in [2.24, 2.45) is 0 Å². The Morgan fingerprint density at radius 2 is 2.06 bits per heavy atom. The lowest BCUT2D eigenvalue weighted by atomic mass is 9.89. The van der Waals surface area contributed by atoms with Gasteiger partial charge in [-0.2, -0.15) is 0 Å². The van der Waals surface area contributed by atoms with Crippen LogP contribution in [0.3, 0.4) is 0 Å². The lowest BCUT2D eigenvalue weighted by Crippen LogP contribution is -2.59. The first kappa shape index (κ1) is 15.4. The molecule has 1 saturated heterocycles. The molecule has 0 saturated carbocycles. The summed E-state index contributed by atoms with van der Waals surface area (Å²) in [5, 5.41) is 12.3. The molecular formula is C14H28N2O2. The average molecular weight is 256 g/mol. The Kier molecular flexibility index (Phi) is 4.78. The van der Waals surface area contributed by atoms with Crippen LogP contribution in [0.25, 0.3) is 0 Å². The number of nitrogens with zero attached hydrogens (tertiary/aromatic N) is 1. The van der Waals surface area contributed by atoms with E-state index in [2.05, 4.69) is 44.8 Å². The summed E-state index contributed by atoms with van der Waals surface area (Å²) in [6.45, 7) is 13.1. The van der Waals surface area contributed by atoms with Crippen molar-refractivity contribution in [2.75, 3.05) is 13.1 Å². The van der Waals surface area contributed by atoms with Crippen LogP contribution in [-0.4, -0.2) is 46.2 Å². The molecule has 0 aliphatic carbocycles. The van der Waals surface area contributed by atoms with Gasteiger partial charge in [0.2, 0.25) is 0 Å². The van der Waals surface area contributed by atoms with Gasteiger partial charge < -0.3 is 10.4 Å². The first-order chi connectivity index (χ1) is 8.14. The van der Waals surface area contributed by atoms with Crippen LogP contribution in [-0.2, 0) is 4.79 Å². The van der Waals surface area contributed by atoms with E-state index < -0.39 is 5.97 Å². The molecule has 18 heavy (non-hydrogen) atoms. The van der Waals surface area contributed by atoms with E-state index in [0.717, 1.165) is 19.5 Å². The zero-order chi connectivity index (χ0) is 14.0. The van der Waals surface area contributed by atoms with Crippen LogP contribution >= 0.6 is 0 Å². The zero-order valence-corrected chi connectivity index (χ0v) is 12.4. The second kappa shape index (κ2) is 5.57. The van der Waals surface area contributed by atoms with E-state index in [-0.39, 0.29) is 17.5 Å². The monoisotopic (exact) mass is 256 g/mol. The molecule has 106 valence electrons. The average Bonchev–Trinajstić information content (AvgIpc) is 2.31. The summed E-state index contributed by atoms with van der Waals surface area (Å²) in [7, 11) is 0. The van der Waals surface area contributed by atoms with Crippen LogP contribution in [0.5, 0.6) is 0 Å². The van der Waals surface area contributed by atoms with Crippen molar-refractivity contribution in [1.29, 1.82) is 0 Å². The van der Waals surface area contributed by atoms with E-state index in [4.69, 9.17) is 5.11 Å². The molecule has 1 rings (SSSR count). The number of hydrogen-bond donors (Lipinski definition) is 2. The van der Waals surface area contributed by atoms with Crippen LogP contribution < -0.4 is 5.32 Å².